The number of amides is 1. The number of nitrogens with zero attached hydrogens (tertiary/aromatic N) is 4. The zero-order valence-corrected chi connectivity index (χ0v) is 17.4. The Labute approximate surface area is 179 Å². The Bertz CT molecular complexity index is 1080. The predicted molar refractivity (Wildman–Crippen MR) is 109 cm³/mol. The van der Waals surface area contributed by atoms with Crippen molar-refractivity contribution < 1.29 is 18.8 Å². The standard InChI is InChI=1S/C22H23N5O4/c1-12-3-4-14(10-23-12)21-16(13(2)31-27-21)11-29-20-8-6-17(25-26-20)22(28)24-18-9-15-5-7-19(18)30-15/h3-4,6,8,10,15,18-19H,5,7,9,11H2,1-2H3,(H,24,28)/t15-,18+,19-/m0/s1. The van der Waals surface area contributed by atoms with Crippen molar-refractivity contribution in [3.8, 4) is 17.1 Å². The van der Waals surface area contributed by atoms with Crippen LogP contribution in [0.5, 0.6) is 5.88 Å². The van der Waals surface area contributed by atoms with E-state index in [2.05, 4.69) is 25.7 Å². The molecule has 5 heterocycles. The van der Waals surface area contributed by atoms with Crippen LogP contribution < -0.4 is 10.1 Å². The fourth-order valence-corrected chi connectivity index (χ4v) is 4.09. The molecule has 0 radical (unpaired) electrons. The number of aryl methyl sites for hydroxylation is 2. The Kier molecular flexibility index (Phi) is 5.11. The van der Waals surface area contributed by atoms with Gasteiger partial charge in [-0.2, -0.15) is 0 Å². The van der Waals surface area contributed by atoms with Gasteiger partial charge < -0.3 is 19.3 Å². The second kappa shape index (κ2) is 8.07. The molecule has 1 amide bonds. The normalized spacial score (nSPS) is 21.9. The highest BCUT2D eigenvalue weighted by Crippen LogP contribution is 2.34. The second-order valence-corrected chi connectivity index (χ2v) is 7.99. The van der Waals surface area contributed by atoms with Crippen LogP contribution in [-0.4, -0.2) is 44.5 Å². The van der Waals surface area contributed by atoms with Gasteiger partial charge in [-0.3, -0.25) is 9.78 Å². The van der Waals surface area contributed by atoms with Gasteiger partial charge in [0.05, 0.1) is 23.8 Å². The second-order valence-electron chi connectivity index (χ2n) is 7.99. The molecular weight excluding hydrogens is 398 g/mol. The summed E-state index contributed by atoms with van der Waals surface area (Å²) >= 11 is 0. The predicted octanol–water partition coefficient (Wildman–Crippen LogP) is 2.77. The van der Waals surface area contributed by atoms with Crippen LogP contribution in [0.4, 0.5) is 0 Å². The van der Waals surface area contributed by atoms with Crippen molar-refractivity contribution in [2.75, 3.05) is 0 Å². The zero-order chi connectivity index (χ0) is 21.4. The Morgan fingerprint density at radius 1 is 1.19 bits per heavy atom. The summed E-state index contributed by atoms with van der Waals surface area (Å²) in [7, 11) is 0. The van der Waals surface area contributed by atoms with Crippen LogP contribution in [0.3, 0.4) is 0 Å². The summed E-state index contributed by atoms with van der Waals surface area (Å²) in [5.41, 5.74) is 3.52. The van der Waals surface area contributed by atoms with Gasteiger partial charge in [-0.25, -0.2) is 0 Å². The maximum atomic E-state index is 12.5. The first-order valence-corrected chi connectivity index (χ1v) is 10.4. The summed E-state index contributed by atoms with van der Waals surface area (Å²) in [6.07, 6.45) is 5.09. The average Bonchev–Trinajstić information content (AvgIpc) is 3.49. The van der Waals surface area contributed by atoms with E-state index >= 15 is 0 Å². The highest BCUT2D eigenvalue weighted by molar-refractivity contribution is 5.92. The first-order chi connectivity index (χ1) is 15.1. The number of pyridine rings is 1. The molecule has 160 valence electrons. The average molecular weight is 421 g/mol. The third-order valence-corrected chi connectivity index (χ3v) is 5.83. The molecule has 2 aliphatic heterocycles. The van der Waals surface area contributed by atoms with Crippen molar-refractivity contribution in [3.63, 3.8) is 0 Å². The minimum atomic E-state index is -0.246. The molecule has 2 fully saturated rings. The molecule has 5 rings (SSSR count). The molecule has 2 saturated heterocycles. The maximum Gasteiger partial charge on any atom is 0.272 e. The molecule has 0 aliphatic carbocycles. The van der Waals surface area contributed by atoms with Gasteiger partial charge >= 0.3 is 0 Å². The molecule has 3 aromatic rings. The van der Waals surface area contributed by atoms with E-state index in [4.69, 9.17) is 14.0 Å². The molecular formula is C22H23N5O4. The smallest absolute Gasteiger partial charge is 0.272 e. The van der Waals surface area contributed by atoms with E-state index in [0.717, 1.165) is 36.1 Å². The topological polar surface area (TPSA) is 112 Å². The number of fused-ring (bicyclic) bond motifs is 2. The van der Waals surface area contributed by atoms with Gasteiger partial charge in [0.2, 0.25) is 5.88 Å². The lowest BCUT2D eigenvalue weighted by Crippen LogP contribution is -2.41. The monoisotopic (exact) mass is 421 g/mol. The van der Waals surface area contributed by atoms with E-state index in [9.17, 15) is 4.79 Å². The van der Waals surface area contributed by atoms with Gasteiger partial charge in [0.15, 0.2) is 5.69 Å². The Hall–Kier alpha value is -3.33. The molecule has 0 unspecified atom stereocenters. The third-order valence-electron chi connectivity index (χ3n) is 5.83. The molecule has 3 aromatic heterocycles. The summed E-state index contributed by atoms with van der Waals surface area (Å²) in [5.74, 6) is 0.727. The Balaban J connectivity index is 1.22. The van der Waals surface area contributed by atoms with Gasteiger partial charge in [0.1, 0.15) is 18.1 Å². The third kappa shape index (κ3) is 4.00. The van der Waals surface area contributed by atoms with Crippen LogP contribution in [0.2, 0.25) is 0 Å². The lowest BCUT2D eigenvalue weighted by molar-refractivity contribution is 0.0836. The quantitative estimate of drug-likeness (QED) is 0.647. The number of hydrogen-bond acceptors (Lipinski definition) is 8. The molecule has 9 heteroatoms. The lowest BCUT2D eigenvalue weighted by Gasteiger charge is -2.19. The summed E-state index contributed by atoms with van der Waals surface area (Å²) in [5, 5.41) is 15.2. The molecule has 9 nitrogen and oxygen atoms in total. The molecule has 0 saturated carbocycles. The lowest BCUT2D eigenvalue weighted by atomic mass is 9.95. The number of ether oxygens (including phenoxy) is 2. The molecule has 0 spiro atoms. The van der Waals surface area contributed by atoms with Crippen LogP contribution in [0.25, 0.3) is 11.3 Å². The number of carbonyl (C=O) groups excluding carboxylic acids is 1. The Morgan fingerprint density at radius 3 is 2.77 bits per heavy atom. The van der Waals surface area contributed by atoms with Crippen LogP contribution >= 0.6 is 0 Å². The molecule has 2 aliphatic rings. The highest BCUT2D eigenvalue weighted by atomic mass is 16.5. The van der Waals surface area contributed by atoms with E-state index in [1.165, 1.54) is 0 Å². The van der Waals surface area contributed by atoms with Gasteiger partial charge in [-0.15, -0.1) is 10.2 Å². The van der Waals surface area contributed by atoms with Gasteiger partial charge in [0, 0.05) is 23.5 Å². The fraction of sp³-hybridized carbons (Fsp3) is 0.409. The van der Waals surface area contributed by atoms with Crippen molar-refractivity contribution >= 4 is 5.91 Å². The van der Waals surface area contributed by atoms with Crippen molar-refractivity contribution in [3.05, 3.63) is 53.2 Å². The van der Waals surface area contributed by atoms with Crippen LogP contribution in [0, 0.1) is 13.8 Å². The Morgan fingerprint density at radius 2 is 2.10 bits per heavy atom. The van der Waals surface area contributed by atoms with E-state index in [1.807, 2.05) is 26.0 Å². The van der Waals surface area contributed by atoms with E-state index < -0.39 is 0 Å². The van der Waals surface area contributed by atoms with Gasteiger partial charge in [-0.05, 0) is 51.3 Å². The number of aromatic nitrogens is 4. The van der Waals surface area contributed by atoms with Crippen molar-refractivity contribution in [1.29, 1.82) is 0 Å². The molecule has 1 N–H and O–H groups in total. The molecule has 0 aromatic carbocycles. The fourth-order valence-electron chi connectivity index (χ4n) is 4.09. The summed E-state index contributed by atoms with van der Waals surface area (Å²) in [6, 6.07) is 7.15. The van der Waals surface area contributed by atoms with E-state index in [0.29, 0.717) is 17.3 Å². The van der Waals surface area contributed by atoms with Gasteiger partial charge in [0.25, 0.3) is 5.91 Å². The van der Waals surface area contributed by atoms with Crippen LogP contribution in [-0.2, 0) is 11.3 Å². The van der Waals surface area contributed by atoms with Gasteiger partial charge in [-0.1, -0.05) is 5.16 Å². The van der Waals surface area contributed by atoms with Crippen LogP contribution in [0.1, 0.15) is 46.8 Å². The zero-order valence-electron chi connectivity index (χ0n) is 17.4. The summed E-state index contributed by atoms with van der Waals surface area (Å²) in [4.78, 5) is 16.8. The molecule has 3 atom stereocenters. The first-order valence-electron chi connectivity index (χ1n) is 10.4. The number of hydrogen-bond donors (Lipinski definition) is 1. The number of nitrogens with one attached hydrogen (secondary N) is 1. The molecule has 2 bridgehead atoms. The van der Waals surface area contributed by atoms with Crippen molar-refractivity contribution in [1.82, 2.24) is 25.7 Å². The highest BCUT2D eigenvalue weighted by Gasteiger charge is 2.41. The SMILES string of the molecule is Cc1ccc(-c2noc(C)c2COc2ccc(C(=O)N[C@@H]3C[C@@H]4CC[C@@H]3O4)nn2)cn1. The number of rotatable bonds is 6. The van der Waals surface area contributed by atoms with Crippen LogP contribution in [0.15, 0.2) is 35.0 Å². The largest absolute Gasteiger partial charge is 0.472 e. The first kappa shape index (κ1) is 19.6. The van der Waals surface area contributed by atoms with E-state index in [1.54, 1.807) is 18.3 Å². The summed E-state index contributed by atoms with van der Waals surface area (Å²) in [6.45, 7) is 3.96. The minimum Gasteiger partial charge on any atom is -0.472 e. The van der Waals surface area contributed by atoms with Crippen molar-refractivity contribution in [2.45, 2.75) is 58.0 Å². The maximum absolute atomic E-state index is 12.5. The van der Waals surface area contributed by atoms with E-state index in [-0.39, 0.29) is 36.5 Å². The number of carbonyl (C=O) groups is 1. The van der Waals surface area contributed by atoms with Crippen molar-refractivity contribution in [2.24, 2.45) is 0 Å². The minimum absolute atomic E-state index is 0.0511. The molecule has 31 heavy (non-hydrogen) atoms. The summed E-state index contributed by atoms with van der Waals surface area (Å²) < 4.78 is 16.9.